The van der Waals surface area contributed by atoms with Crippen molar-refractivity contribution in [1.82, 2.24) is 0 Å². The Bertz CT molecular complexity index is 957. The number of rotatable bonds is 10. The number of nitriles is 1. The molecule has 0 aromatic rings. The summed E-state index contributed by atoms with van der Waals surface area (Å²) < 4.78 is 0. The van der Waals surface area contributed by atoms with E-state index in [0.717, 1.165) is 44.9 Å². The maximum atomic E-state index is 13.3. The molecule has 0 amide bonds. The molecule has 0 aromatic heterocycles. The van der Waals surface area contributed by atoms with Crippen LogP contribution in [0.25, 0.3) is 0 Å². The molecule has 5 atom stereocenters. The molecule has 1 unspecified atom stereocenters. The summed E-state index contributed by atoms with van der Waals surface area (Å²) in [6, 6.07) is 2.28. The Hall–Kier alpha value is -1.40. The number of nitrogens with zero attached hydrogens (tertiary/aromatic N) is 1. The van der Waals surface area contributed by atoms with Crippen LogP contribution in [0.15, 0.2) is 23.3 Å². The van der Waals surface area contributed by atoms with Crippen molar-refractivity contribution in [3.8, 4) is 6.07 Å². The van der Waals surface area contributed by atoms with Gasteiger partial charge in [0.25, 0.3) is 0 Å². The van der Waals surface area contributed by atoms with Gasteiger partial charge in [0.2, 0.25) is 0 Å². The van der Waals surface area contributed by atoms with Crippen molar-refractivity contribution in [1.29, 1.82) is 5.26 Å². The van der Waals surface area contributed by atoms with Crippen LogP contribution >= 0.6 is 0 Å². The highest BCUT2D eigenvalue weighted by Gasteiger charge is 2.63. The van der Waals surface area contributed by atoms with E-state index >= 15 is 0 Å². The number of hydrogen-bond donors (Lipinski definition) is 1. The van der Waals surface area contributed by atoms with Crippen LogP contribution in [0.1, 0.15) is 134 Å². The molecule has 0 bridgehead atoms. The van der Waals surface area contributed by atoms with Crippen molar-refractivity contribution in [3.05, 3.63) is 23.3 Å². The van der Waals surface area contributed by atoms with Gasteiger partial charge in [-0.25, -0.2) is 0 Å². The number of allylic oxidation sites excluding steroid dienone is 4. The molecular weight excluding hydrogens is 452 g/mol. The zero-order valence-corrected chi connectivity index (χ0v) is 26.4. The first-order valence-corrected chi connectivity index (χ1v) is 14.8. The lowest BCUT2D eigenvalue weighted by molar-refractivity contribution is -0.151. The fourth-order valence-electron chi connectivity index (χ4n) is 7.67. The van der Waals surface area contributed by atoms with E-state index in [0.29, 0.717) is 16.9 Å². The smallest absolute Gasteiger partial charge is 0.178 e. The first kappa shape index (κ1) is 31.8. The second kappa shape index (κ2) is 10.6. The zero-order valence-electron chi connectivity index (χ0n) is 26.4. The van der Waals surface area contributed by atoms with E-state index in [1.165, 1.54) is 12.0 Å². The van der Waals surface area contributed by atoms with Gasteiger partial charge in [0, 0.05) is 11.0 Å². The van der Waals surface area contributed by atoms with Crippen LogP contribution in [-0.2, 0) is 4.79 Å². The minimum absolute atomic E-state index is 0.0238. The predicted molar refractivity (Wildman–Crippen MR) is 158 cm³/mol. The molecule has 37 heavy (non-hydrogen) atoms. The zero-order chi connectivity index (χ0) is 28.7. The van der Waals surface area contributed by atoms with Gasteiger partial charge < -0.3 is 5.73 Å². The van der Waals surface area contributed by atoms with E-state index in [9.17, 15) is 10.1 Å². The lowest BCUT2D eigenvalue weighted by Crippen LogP contribution is -2.59. The first-order valence-electron chi connectivity index (χ1n) is 14.8. The summed E-state index contributed by atoms with van der Waals surface area (Å²) in [7, 11) is 0. The molecule has 0 radical (unpaired) electrons. The van der Waals surface area contributed by atoms with Gasteiger partial charge >= 0.3 is 0 Å². The Labute approximate surface area is 229 Å². The highest BCUT2D eigenvalue weighted by molar-refractivity contribution is 6.04. The molecule has 0 spiro atoms. The van der Waals surface area contributed by atoms with Gasteiger partial charge in [0.05, 0.1) is 5.57 Å². The van der Waals surface area contributed by atoms with Crippen LogP contribution in [0.4, 0.5) is 0 Å². The normalized spacial score (nSPS) is 32.3. The molecule has 0 heterocycles. The highest BCUT2D eigenvalue weighted by atomic mass is 16.1. The third-order valence-electron chi connectivity index (χ3n) is 11.7. The molecule has 3 nitrogen and oxygen atoms in total. The van der Waals surface area contributed by atoms with Crippen LogP contribution in [0.2, 0.25) is 0 Å². The van der Waals surface area contributed by atoms with E-state index in [-0.39, 0.29) is 33.5 Å². The maximum absolute atomic E-state index is 13.3. The van der Waals surface area contributed by atoms with Crippen molar-refractivity contribution >= 4 is 5.78 Å². The summed E-state index contributed by atoms with van der Waals surface area (Å²) in [4.78, 5) is 13.3. The number of nitrogens with two attached hydrogens (primary N) is 1. The Balaban J connectivity index is 2.49. The van der Waals surface area contributed by atoms with Gasteiger partial charge in [-0.3, -0.25) is 4.79 Å². The molecule has 210 valence electrons. The Kier molecular flexibility index (Phi) is 9.15. The highest BCUT2D eigenvalue weighted by Crippen LogP contribution is 2.68. The molecule has 1 saturated carbocycles. The number of hydrogen-bond acceptors (Lipinski definition) is 3. The number of fused-ring (bicyclic) bond motifs is 1. The molecule has 0 saturated heterocycles. The number of Topliss-reactive ketones (excluding diaryl/α,β-unsaturated/α-hetero) is 1. The fraction of sp³-hybridized carbons (Fsp3) is 0.824. The Morgan fingerprint density at radius 3 is 2.19 bits per heavy atom. The van der Waals surface area contributed by atoms with Crippen LogP contribution in [0, 0.1) is 50.2 Å². The minimum atomic E-state index is -0.524. The standard InChI is InChI=1S/C34H58N2O/c1-13-24(3)21-27-33(11)22-25(23-35)28(37)31(8,9)26(33)15-16-34(27,12)30(6,7)18-20-32(10,36)19-17-29(4,5)14-2/h13,22,26-27H,14-21,36H2,1-12H3/t26?,27-,32+,33+,34-/m1/s1. The summed E-state index contributed by atoms with van der Waals surface area (Å²) in [5.74, 6) is 0.596. The lowest BCUT2D eigenvalue weighted by Gasteiger charge is -2.64. The number of carbonyl (C=O) groups is 1. The molecule has 0 aromatic carbocycles. The second-order valence-electron chi connectivity index (χ2n) is 15.5. The van der Waals surface area contributed by atoms with Gasteiger partial charge in [-0.15, -0.1) is 0 Å². The molecule has 1 fully saturated rings. The molecule has 2 rings (SSSR count). The average Bonchev–Trinajstić information content (AvgIpc) is 2.81. The molecule has 2 aliphatic carbocycles. The second-order valence-corrected chi connectivity index (χ2v) is 15.5. The van der Waals surface area contributed by atoms with Crippen LogP contribution in [-0.4, -0.2) is 11.3 Å². The maximum Gasteiger partial charge on any atom is 0.178 e. The SMILES string of the molecule is CC=C(C)C[C@@H]1[C@@]2(C)C=C(C#N)C(=O)C(C)(C)C2CC[C@@]1(C)C(C)(C)CC[C@@](C)(N)CCC(C)(C)CC. The van der Waals surface area contributed by atoms with Crippen molar-refractivity contribution in [3.63, 3.8) is 0 Å². The Morgan fingerprint density at radius 2 is 1.68 bits per heavy atom. The lowest BCUT2D eigenvalue weighted by atomic mass is 9.39. The molecule has 2 aliphatic rings. The third-order valence-corrected chi connectivity index (χ3v) is 11.7. The summed E-state index contributed by atoms with van der Waals surface area (Å²) in [6.45, 7) is 27.5. The predicted octanol–water partition coefficient (Wildman–Crippen LogP) is 9.18. The van der Waals surface area contributed by atoms with Crippen molar-refractivity contribution in [2.45, 2.75) is 140 Å². The third kappa shape index (κ3) is 6.11. The van der Waals surface area contributed by atoms with E-state index in [4.69, 9.17) is 5.73 Å². The summed E-state index contributed by atoms with van der Waals surface area (Å²) >= 11 is 0. The summed E-state index contributed by atoms with van der Waals surface area (Å²) in [5, 5.41) is 9.94. The Morgan fingerprint density at radius 1 is 1.11 bits per heavy atom. The van der Waals surface area contributed by atoms with Gasteiger partial charge in [-0.05, 0) is 99.2 Å². The van der Waals surface area contributed by atoms with Crippen molar-refractivity contribution in [2.24, 2.45) is 44.6 Å². The van der Waals surface area contributed by atoms with Gasteiger partial charge in [0.15, 0.2) is 5.78 Å². The average molecular weight is 511 g/mol. The van der Waals surface area contributed by atoms with E-state index in [2.05, 4.69) is 101 Å². The molecule has 3 heteroatoms. The van der Waals surface area contributed by atoms with Crippen molar-refractivity contribution in [2.75, 3.05) is 0 Å². The fourth-order valence-corrected chi connectivity index (χ4v) is 7.67. The van der Waals surface area contributed by atoms with E-state index in [1.54, 1.807) is 0 Å². The monoisotopic (exact) mass is 510 g/mol. The molecule has 2 N–H and O–H groups in total. The quantitative estimate of drug-likeness (QED) is 0.298. The number of carbonyl (C=O) groups excluding carboxylic acids is 1. The van der Waals surface area contributed by atoms with Crippen molar-refractivity contribution < 1.29 is 4.79 Å². The van der Waals surface area contributed by atoms with Crippen LogP contribution in [0.5, 0.6) is 0 Å². The number of ketones is 1. The largest absolute Gasteiger partial charge is 0.325 e. The van der Waals surface area contributed by atoms with Crippen LogP contribution in [0.3, 0.4) is 0 Å². The topological polar surface area (TPSA) is 66.9 Å². The van der Waals surface area contributed by atoms with Gasteiger partial charge in [-0.1, -0.05) is 86.5 Å². The first-order chi connectivity index (χ1) is 16.7. The van der Waals surface area contributed by atoms with Gasteiger partial charge in [-0.2, -0.15) is 5.26 Å². The van der Waals surface area contributed by atoms with E-state index < -0.39 is 5.41 Å². The molecular formula is C34H58N2O. The van der Waals surface area contributed by atoms with E-state index in [1.807, 2.05) is 0 Å². The van der Waals surface area contributed by atoms with Gasteiger partial charge in [0.1, 0.15) is 6.07 Å². The van der Waals surface area contributed by atoms with Crippen LogP contribution < -0.4 is 5.73 Å². The summed E-state index contributed by atoms with van der Waals surface area (Å²) in [6.07, 6.45) is 12.9. The molecule has 0 aliphatic heterocycles. The summed E-state index contributed by atoms with van der Waals surface area (Å²) in [5.41, 5.74) is 8.21. The minimum Gasteiger partial charge on any atom is -0.325 e.